The van der Waals surface area contributed by atoms with Crippen LogP contribution in [0.4, 0.5) is 0 Å². The lowest BCUT2D eigenvalue weighted by atomic mass is 9.95. The molecule has 21 heavy (non-hydrogen) atoms. The third-order valence-electron chi connectivity index (χ3n) is 5.11. The standard InChI is InChI=1S/C16H22N2O2S/c1-16(12-6-4-3-5-7-12)10-14(16)15(19)18(2)13-8-9-21(17,20)11-13/h3-7,13-14,17H,8-11H2,1-2H3/t13?,14-,16+,21?/m0/s1. The molecule has 0 spiro atoms. The highest BCUT2D eigenvalue weighted by Gasteiger charge is 2.56. The second-order valence-electron chi connectivity index (χ2n) is 6.61. The lowest BCUT2D eigenvalue weighted by Gasteiger charge is -2.25. The molecular formula is C16H22N2O2S. The first kappa shape index (κ1) is 14.6. The predicted octanol–water partition coefficient (Wildman–Crippen LogP) is 2.24. The van der Waals surface area contributed by atoms with Gasteiger partial charge < -0.3 is 4.90 Å². The minimum atomic E-state index is -2.45. The molecule has 1 heterocycles. The molecule has 1 aromatic rings. The van der Waals surface area contributed by atoms with Crippen molar-refractivity contribution in [3.05, 3.63) is 35.9 Å². The van der Waals surface area contributed by atoms with Crippen molar-refractivity contribution >= 4 is 15.6 Å². The maximum Gasteiger partial charge on any atom is 0.226 e. The summed E-state index contributed by atoms with van der Waals surface area (Å²) >= 11 is 0. The minimum absolute atomic E-state index is 0.0206. The molecule has 1 aromatic carbocycles. The van der Waals surface area contributed by atoms with Gasteiger partial charge in [-0.15, -0.1) is 0 Å². The minimum Gasteiger partial charge on any atom is -0.342 e. The Morgan fingerprint density at radius 1 is 1.38 bits per heavy atom. The number of amides is 1. The van der Waals surface area contributed by atoms with E-state index in [1.807, 2.05) is 18.2 Å². The molecule has 114 valence electrons. The van der Waals surface area contributed by atoms with Crippen molar-refractivity contribution in [1.82, 2.24) is 4.90 Å². The lowest BCUT2D eigenvalue weighted by Crippen LogP contribution is -2.39. The second-order valence-corrected chi connectivity index (χ2v) is 8.98. The van der Waals surface area contributed by atoms with Gasteiger partial charge in [0, 0.05) is 39.9 Å². The largest absolute Gasteiger partial charge is 0.342 e. The summed E-state index contributed by atoms with van der Waals surface area (Å²) in [4.78, 5) is 14.4. The second kappa shape index (κ2) is 4.83. The Kier molecular flexibility index (Phi) is 3.35. The molecule has 1 N–H and O–H groups in total. The Labute approximate surface area is 126 Å². The lowest BCUT2D eigenvalue weighted by molar-refractivity contribution is -0.133. The smallest absolute Gasteiger partial charge is 0.226 e. The third-order valence-corrected chi connectivity index (χ3v) is 6.92. The van der Waals surface area contributed by atoms with Gasteiger partial charge in [-0.2, -0.15) is 0 Å². The summed E-state index contributed by atoms with van der Waals surface area (Å²) in [5.74, 6) is 0.927. The summed E-state index contributed by atoms with van der Waals surface area (Å²) in [6.07, 6.45) is 1.57. The first-order chi connectivity index (χ1) is 9.83. The number of carbonyl (C=O) groups is 1. The van der Waals surface area contributed by atoms with Crippen LogP contribution in [0.2, 0.25) is 0 Å². The van der Waals surface area contributed by atoms with Crippen molar-refractivity contribution in [3.63, 3.8) is 0 Å². The van der Waals surface area contributed by atoms with Crippen molar-refractivity contribution in [3.8, 4) is 0 Å². The summed E-state index contributed by atoms with van der Waals surface area (Å²) in [5.41, 5.74) is 1.15. The Hall–Kier alpha value is -1.36. The fourth-order valence-corrected chi connectivity index (χ4v) is 5.23. The van der Waals surface area contributed by atoms with Crippen LogP contribution in [0.15, 0.2) is 30.3 Å². The van der Waals surface area contributed by atoms with Crippen molar-refractivity contribution < 1.29 is 9.00 Å². The zero-order valence-electron chi connectivity index (χ0n) is 12.5. The molecule has 1 aliphatic carbocycles. The Morgan fingerprint density at radius 3 is 2.62 bits per heavy atom. The quantitative estimate of drug-likeness (QED) is 0.931. The molecule has 0 bridgehead atoms. The molecule has 1 amide bonds. The molecule has 4 atom stereocenters. The monoisotopic (exact) mass is 306 g/mol. The summed E-state index contributed by atoms with van der Waals surface area (Å²) in [6, 6.07) is 10.1. The first-order valence-corrected chi connectivity index (χ1v) is 9.29. The van der Waals surface area contributed by atoms with Gasteiger partial charge in [0.15, 0.2) is 0 Å². The SMILES string of the molecule is CN(C(=O)[C@@H]1C[C@]1(C)c1ccccc1)C1CCS(=N)(=O)C1. The molecule has 4 nitrogen and oxygen atoms in total. The van der Waals surface area contributed by atoms with Crippen LogP contribution in [0.5, 0.6) is 0 Å². The van der Waals surface area contributed by atoms with Crippen LogP contribution < -0.4 is 0 Å². The number of nitrogens with zero attached hydrogens (tertiary/aromatic N) is 1. The van der Waals surface area contributed by atoms with Crippen LogP contribution in [-0.2, 0) is 19.9 Å². The maximum absolute atomic E-state index is 12.7. The Morgan fingerprint density at radius 2 is 2.05 bits per heavy atom. The van der Waals surface area contributed by atoms with Gasteiger partial charge in [0.1, 0.15) is 0 Å². The molecule has 1 aliphatic heterocycles. The van der Waals surface area contributed by atoms with E-state index in [9.17, 15) is 9.00 Å². The highest BCUT2D eigenvalue weighted by atomic mass is 32.2. The summed E-state index contributed by atoms with van der Waals surface area (Å²) in [6.45, 7) is 2.14. The molecule has 2 fully saturated rings. The number of benzene rings is 1. The van der Waals surface area contributed by atoms with Crippen molar-refractivity contribution in [1.29, 1.82) is 4.78 Å². The average molecular weight is 306 g/mol. The molecule has 1 saturated heterocycles. The molecule has 2 unspecified atom stereocenters. The number of nitrogens with one attached hydrogen (secondary N) is 1. The number of rotatable bonds is 3. The average Bonchev–Trinajstić information content (AvgIpc) is 3.03. The van der Waals surface area contributed by atoms with E-state index in [2.05, 4.69) is 19.1 Å². The fourth-order valence-electron chi connectivity index (χ4n) is 3.40. The highest BCUT2D eigenvalue weighted by Crippen LogP contribution is 2.54. The van der Waals surface area contributed by atoms with E-state index >= 15 is 0 Å². The van der Waals surface area contributed by atoms with Crippen molar-refractivity contribution in [2.75, 3.05) is 18.6 Å². The normalized spacial score (nSPS) is 38.2. The van der Waals surface area contributed by atoms with Crippen LogP contribution in [0, 0.1) is 10.7 Å². The number of hydrogen-bond donors (Lipinski definition) is 1. The molecule has 0 aromatic heterocycles. The van der Waals surface area contributed by atoms with E-state index in [1.165, 1.54) is 5.56 Å². The van der Waals surface area contributed by atoms with Gasteiger partial charge in [0.05, 0.1) is 5.75 Å². The summed E-state index contributed by atoms with van der Waals surface area (Å²) in [7, 11) is -0.651. The van der Waals surface area contributed by atoms with Gasteiger partial charge in [-0.25, -0.2) is 4.21 Å². The first-order valence-electron chi connectivity index (χ1n) is 7.40. The van der Waals surface area contributed by atoms with Gasteiger partial charge in [-0.3, -0.25) is 9.57 Å². The molecule has 0 radical (unpaired) electrons. The van der Waals surface area contributed by atoms with Gasteiger partial charge in [0.25, 0.3) is 0 Å². The van der Waals surface area contributed by atoms with Gasteiger partial charge in [0.2, 0.25) is 5.91 Å². The summed E-state index contributed by atoms with van der Waals surface area (Å²) < 4.78 is 19.5. The van der Waals surface area contributed by atoms with Gasteiger partial charge in [-0.05, 0) is 18.4 Å². The van der Waals surface area contributed by atoms with Crippen molar-refractivity contribution in [2.45, 2.75) is 31.2 Å². The molecule has 5 heteroatoms. The van der Waals surface area contributed by atoms with E-state index in [0.29, 0.717) is 17.9 Å². The third kappa shape index (κ3) is 2.59. The predicted molar refractivity (Wildman–Crippen MR) is 83.7 cm³/mol. The number of hydrogen-bond acceptors (Lipinski definition) is 3. The van der Waals surface area contributed by atoms with E-state index < -0.39 is 9.73 Å². The Bertz CT molecular complexity index is 656. The number of carbonyl (C=O) groups excluding carboxylic acids is 1. The fraction of sp³-hybridized carbons (Fsp3) is 0.562. The highest BCUT2D eigenvalue weighted by molar-refractivity contribution is 7.92. The van der Waals surface area contributed by atoms with Crippen LogP contribution in [0.25, 0.3) is 0 Å². The van der Waals surface area contributed by atoms with Crippen LogP contribution >= 0.6 is 0 Å². The molecule has 3 rings (SSSR count). The van der Waals surface area contributed by atoms with E-state index in [-0.39, 0.29) is 23.3 Å². The Balaban J connectivity index is 1.70. The van der Waals surface area contributed by atoms with E-state index in [0.717, 1.165) is 6.42 Å². The molecule has 2 aliphatic rings. The van der Waals surface area contributed by atoms with Crippen LogP contribution in [0.1, 0.15) is 25.3 Å². The summed E-state index contributed by atoms with van der Waals surface area (Å²) in [5, 5.41) is 0. The zero-order chi connectivity index (χ0) is 15.3. The maximum atomic E-state index is 12.7. The van der Waals surface area contributed by atoms with Gasteiger partial charge in [-0.1, -0.05) is 37.3 Å². The van der Waals surface area contributed by atoms with Crippen molar-refractivity contribution in [2.24, 2.45) is 5.92 Å². The zero-order valence-corrected chi connectivity index (χ0v) is 13.4. The van der Waals surface area contributed by atoms with E-state index in [4.69, 9.17) is 4.78 Å². The van der Waals surface area contributed by atoms with Gasteiger partial charge >= 0.3 is 0 Å². The topological polar surface area (TPSA) is 61.2 Å². The van der Waals surface area contributed by atoms with E-state index in [1.54, 1.807) is 11.9 Å². The molecular weight excluding hydrogens is 284 g/mol. The van der Waals surface area contributed by atoms with Crippen LogP contribution in [-0.4, -0.2) is 39.6 Å². The molecule has 1 saturated carbocycles. The van der Waals surface area contributed by atoms with Crippen LogP contribution in [0.3, 0.4) is 0 Å².